The molecule has 0 bridgehead atoms. The summed E-state index contributed by atoms with van der Waals surface area (Å²) < 4.78 is 16.8. The molecule has 0 aliphatic rings. The molecule has 0 radical (unpaired) electrons. The molecule has 65 heavy (non-hydrogen) atoms. The molecule has 0 rings (SSSR count). The second-order valence-corrected chi connectivity index (χ2v) is 17.6. The van der Waals surface area contributed by atoms with Crippen LogP contribution in [0.15, 0.2) is 97.2 Å². The lowest BCUT2D eigenvalue weighted by Gasteiger charge is -2.18. The molecule has 370 valence electrons. The van der Waals surface area contributed by atoms with Gasteiger partial charge in [-0.2, -0.15) is 0 Å². The molecule has 6 heteroatoms. The van der Waals surface area contributed by atoms with Crippen molar-refractivity contribution in [1.29, 1.82) is 0 Å². The lowest BCUT2D eigenvalue weighted by Crippen LogP contribution is -2.30. The zero-order chi connectivity index (χ0) is 47.2. The molecule has 0 aromatic carbocycles. The Bertz CT molecular complexity index is 1310. The summed E-state index contributed by atoms with van der Waals surface area (Å²) in [6, 6.07) is 0. The molecule has 0 N–H and O–H groups in total. The van der Waals surface area contributed by atoms with E-state index >= 15 is 0 Å². The van der Waals surface area contributed by atoms with Gasteiger partial charge in [-0.25, -0.2) is 0 Å². The van der Waals surface area contributed by atoms with Crippen LogP contribution in [0.1, 0.15) is 239 Å². The Balaban J connectivity index is 4.44. The summed E-state index contributed by atoms with van der Waals surface area (Å²) in [6.45, 7) is 6.42. The van der Waals surface area contributed by atoms with E-state index in [1.807, 2.05) is 60.8 Å². The van der Waals surface area contributed by atoms with Gasteiger partial charge in [-0.05, 0) is 64.2 Å². The molecule has 0 heterocycles. The van der Waals surface area contributed by atoms with Crippen LogP contribution in [0, 0.1) is 0 Å². The zero-order valence-electron chi connectivity index (χ0n) is 42.2. The van der Waals surface area contributed by atoms with Crippen molar-refractivity contribution in [2.24, 2.45) is 0 Å². The third-order valence-electron chi connectivity index (χ3n) is 11.3. The molecule has 0 fully saturated rings. The van der Waals surface area contributed by atoms with Crippen LogP contribution in [0.4, 0.5) is 0 Å². The van der Waals surface area contributed by atoms with Gasteiger partial charge in [0, 0.05) is 19.3 Å². The molecule has 0 spiro atoms. The first-order chi connectivity index (χ1) is 32.0. The Hall–Kier alpha value is -3.67. The maximum absolute atomic E-state index is 12.8. The average molecular weight is 903 g/mol. The molecule has 0 saturated heterocycles. The average Bonchev–Trinajstić information content (AvgIpc) is 3.30. The number of allylic oxidation sites excluding steroid dienone is 16. The first-order valence-electron chi connectivity index (χ1n) is 26.8. The molecule has 0 saturated carbocycles. The molecule has 0 aliphatic heterocycles. The van der Waals surface area contributed by atoms with Crippen LogP contribution in [-0.4, -0.2) is 37.2 Å². The number of carbonyl (C=O) groups is 3. The van der Waals surface area contributed by atoms with Crippen LogP contribution < -0.4 is 0 Å². The lowest BCUT2D eigenvalue weighted by atomic mass is 10.1. The molecule has 1 atom stereocenters. The van der Waals surface area contributed by atoms with Gasteiger partial charge >= 0.3 is 17.9 Å². The van der Waals surface area contributed by atoms with E-state index in [4.69, 9.17) is 14.2 Å². The summed E-state index contributed by atoms with van der Waals surface area (Å²) in [5.41, 5.74) is 0. The molecule has 0 aromatic heterocycles. The fraction of sp³-hybridized carbons (Fsp3) is 0.678. The zero-order valence-corrected chi connectivity index (χ0v) is 42.2. The fourth-order valence-electron chi connectivity index (χ4n) is 7.23. The van der Waals surface area contributed by atoms with Crippen molar-refractivity contribution < 1.29 is 28.6 Å². The quantitative estimate of drug-likeness (QED) is 0.0262. The van der Waals surface area contributed by atoms with E-state index in [-0.39, 0.29) is 37.5 Å². The fourth-order valence-corrected chi connectivity index (χ4v) is 7.23. The van der Waals surface area contributed by atoms with E-state index in [0.29, 0.717) is 19.3 Å². The molecule has 1 unspecified atom stereocenters. The molecular formula is C59H98O6. The van der Waals surface area contributed by atoms with Gasteiger partial charge in [-0.3, -0.25) is 14.4 Å². The van der Waals surface area contributed by atoms with E-state index in [1.54, 1.807) is 0 Å². The van der Waals surface area contributed by atoms with Crippen molar-refractivity contribution in [2.45, 2.75) is 245 Å². The summed E-state index contributed by atoms with van der Waals surface area (Å²) in [4.78, 5) is 38.0. The maximum atomic E-state index is 12.8. The normalized spacial score (nSPS) is 12.8. The number of hydrogen-bond donors (Lipinski definition) is 0. The van der Waals surface area contributed by atoms with Gasteiger partial charge in [0.15, 0.2) is 6.10 Å². The topological polar surface area (TPSA) is 78.9 Å². The second-order valence-electron chi connectivity index (χ2n) is 17.6. The van der Waals surface area contributed by atoms with Crippen LogP contribution in [0.2, 0.25) is 0 Å². The SMILES string of the molecule is CC\C=C/C=C\C=C/C=C\C=C\C=C/CCCCCC(=O)OC(COC(=O)CCCCCCCCCCCCC)COC(=O)CCCCCCCCCCCC/C=C\C=C/CCCCC. The Labute approximate surface area is 400 Å². The predicted molar refractivity (Wildman–Crippen MR) is 279 cm³/mol. The minimum atomic E-state index is -0.801. The van der Waals surface area contributed by atoms with Crippen LogP contribution in [0.3, 0.4) is 0 Å². The molecule has 0 aromatic rings. The van der Waals surface area contributed by atoms with Crippen LogP contribution >= 0.6 is 0 Å². The minimum Gasteiger partial charge on any atom is -0.462 e. The Kier molecular flexibility index (Phi) is 50.0. The monoisotopic (exact) mass is 903 g/mol. The Morgan fingerprint density at radius 1 is 0.323 bits per heavy atom. The molecule has 0 aliphatic carbocycles. The van der Waals surface area contributed by atoms with Crippen LogP contribution in [0.5, 0.6) is 0 Å². The minimum absolute atomic E-state index is 0.0960. The summed E-state index contributed by atoms with van der Waals surface area (Å²) in [7, 11) is 0. The highest BCUT2D eigenvalue weighted by atomic mass is 16.6. The smallest absolute Gasteiger partial charge is 0.306 e. The predicted octanol–water partition coefficient (Wildman–Crippen LogP) is 17.8. The summed E-state index contributed by atoms with van der Waals surface area (Å²) >= 11 is 0. The number of hydrogen-bond acceptors (Lipinski definition) is 6. The summed E-state index contributed by atoms with van der Waals surface area (Å²) in [6.07, 6.45) is 69.6. The Morgan fingerprint density at radius 3 is 1.00 bits per heavy atom. The molecule has 0 amide bonds. The van der Waals surface area contributed by atoms with Crippen molar-refractivity contribution in [3.63, 3.8) is 0 Å². The van der Waals surface area contributed by atoms with Gasteiger partial charge < -0.3 is 14.2 Å². The standard InChI is InChI=1S/C59H98O6/c1-4-7-10-13-16-19-22-24-26-28-29-31-32-34-37-40-43-46-49-52-58(61)64-55-56(54-63-57(60)51-48-45-42-39-36-21-18-15-12-9-6-3)65-59(62)53-50-47-44-41-38-35-33-30-27-25-23-20-17-14-11-8-5-2/h8,11,14,16-17,19-20,22-25,27,30,33,35,38,56H,4-7,9-10,12-13,15,18,21,26,28-29,31-32,34,36-37,39-55H2,1-3H3/b11-8-,17-14-,19-16-,23-20-,24-22-,27-25-,33-30+,38-35-. The summed E-state index contributed by atoms with van der Waals surface area (Å²) in [5.74, 6) is -0.944. The van der Waals surface area contributed by atoms with Crippen LogP contribution in [-0.2, 0) is 28.6 Å². The summed E-state index contributed by atoms with van der Waals surface area (Å²) in [5, 5.41) is 0. The van der Waals surface area contributed by atoms with Gasteiger partial charge in [-0.1, -0.05) is 253 Å². The highest BCUT2D eigenvalue weighted by molar-refractivity contribution is 5.71. The van der Waals surface area contributed by atoms with E-state index < -0.39 is 6.10 Å². The van der Waals surface area contributed by atoms with Gasteiger partial charge in [0.2, 0.25) is 0 Å². The molecule has 6 nitrogen and oxygen atoms in total. The largest absolute Gasteiger partial charge is 0.462 e. The van der Waals surface area contributed by atoms with E-state index in [2.05, 4.69) is 57.2 Å². The van der Waals surface area contributed by atoms with Crippen molar-refractivity contribution in [1.82, 2.24) is 0 Å². The van der Waals surface area contributed by atoms with E-state index in [9.17, 15) is 14.4 Å². The van der Waals surface area contributed by atoms with Crippen molar-refractivity contribution in [3.8, 4) is 0 Å². The Morgan fingerprint density at radius 2 is 0.600 bits per heavy atom. The maximum Gasteiger partial charge on any atom is 0.306 e. The van der Waals surface area contributed by atoms with E-state index in [1.165, 1.54) is 128 Å². The van der Waals surface area contributed by atoms with Gasteiger partial charge in [0.1, 0.15) is 13.2 Å². The number of rotatable bonds is 47. The van der Waals surface area contributed by atoms with E-state index in [0.717, 1.165) is 64.2 Å². The third kappa shape index (κ3) is 51.2. The van der Waals surface area contributed by atoms with Gasteiger partial charge in [-0.15, -0.1) is 0 Å². The lowest BCUT2D eigenvalue weighted by molar-refractivity contribution is -0.167. The highest BCUT2D eigenvalue weighted by Gasteiger charge is 2.19. The van der Waals surface area contributed by atoms with Crippen LogP contribution in [0.25, 0.3) is 0 Å². The highest BCUT2D eigenvalue weighted by Crippen LogP contribution is 2.15. The number of ether oxygens (including phenoxy) is 3. The third-order valence-corrected chi connectivity index (χ3v) is 11.3. The number of esters is 3. The molecular weight excluding hydrogens is 805 g/mol. The van der Waals surface area contributed by atoms with Gasteiger partial charge in [0.05, 0.1) is 0 Å². The number of unbranched alkanes of at least 4 members (excludes halogenated alkanes) is 26. The number of carbonyl (C=O) groups excluding carboxylic acids is 3. The van der Waals surface area contributed by atoms with Crippen molar-refractivity contribution in [3.05, 3.63) is 97.2 Å². The first kappa shape index (κ1) is 61.3. The first-order valence-corrected chi connectivity index (χ1v) is 26.8. The van der Waals surface area contributed by atoms with Crippen molar-refractivity contribution in [2.75, 3.05) is 13.2 Å². The second kappa shape index (κ2) is 52.9. The van der Waals surface area contributed by atoms with Crippen molar-refractivity contribution >= 4 is 17.9 Å². The van der Waals surface area contributed by atoms with Gasteiger partial charge in [0.25, 0.3) is 0 Å².